The number of benzene rings is 1. The smallest absolute Gasteiger partial charge is 0.127 e. The summed E-state index contributed by atoms with van der Waals surface area (Å²) in [5, 5.41) is 10.2. The number of fused-ring (bicyclic) bond motifs is 1. The monoisotopic (exact) mass is 358 g/mol. The average molecular weight is 358 g/mol. The van der Waals surface area contributed by atoms with Crippen molar-refractivity contribution in [2.24, 2.45) is 17.6 Å². The number of allylic oxidation sites excluding steroid dienone is 4. The molecule has 1 aromatic carbocycles. The van der Waals surface area contributed by atoms with E-state index in [1.165, 1.54) is 0 Å². The van der Waals surface area contributed by atoms with Crippen LogP contribution in [-0.2, 0) is 6.54 Å². The maximum Gasteiger partial charge on any atom is 0.127 e. The fourth-order valence-corrected chi connectivity index (χ4v) is 4.12. The third-order valence-electron chi connectivity index (χ3n) is 5.57. The van der Waals surface area contributed by atoms with Gasteiger partial charge in [0.1, 0.15) is 11.5 Å². The highest BCUT2D eigenvalue weighted by atomic mass is 16.5. The van der Waals surface area contributed by atoms with Crippen molar-refractivity contribution in [3.05, 3.63) is 48.1 Å². The molecule has 3 rings (SSSR count). The molecule has 5 nitrogen and oxygen atoms in total. The van der Waals surface area contributed by atoms with Gasteiger partial charge >= 0.3 is 0 Å². The molecule has 0 bridgehead atoms. The second kappa shape index (κ2) is 8.71. The minimum absolute atomic E-state index is 0.273. The number of hydrogen-bond donors (Lipinski definition) is 2. The Bertz CT molecular complexity index is 639. The van der Waals surface area contributed by atoms with E-state index in [-0.39, 0.29) is 6.54 Å². The zero-order chi connectivity index (χ0) is 18.5. The van der Waals surface area contributed by atoms with Gasteiger partial charge in [-0.3, -0.25) is 4.90 Å². The number of methoxy groups -OCH3 is 2. The molecule has 0 amide bonds. The Hall–Kier alpha value is -1.82. The quantitative estimate of drug-likeness (QED) is 0.747. The second-order valence-electron chi connectivity index (χ2n) is 7.22. The van der Waals surface area contributed by atoms with Crippen LogP contribution in [0.4, 0.5) is 0 Å². The molecule has 142 valence electrons. The van der Waals surface area contributed by atoms with Crippen molar-refractivity contribution in [3.63, 3.8) is 0 Å². The van der Waals surface area contributed by atoms with Crippen molar-refractivity contribution in [3.8, 4) is 11.5 Å². The maximum absolute atomic E-state index is 10.2. The molecular formula is C21H30N2O3. The minimum Gasteiger partial charge on any atom is -0.497 e. The summed E-state index contributed by atoms with van der Waals surface area (Å²) < 4.78 is 10.9. The molecule has 0 aliphatic heterocycles. The lowest BCUT2D eigenvalue weighted by Gasteiger charge is -2.31. The van der Waals surface area contributed by atoms with Crippen LogP contribution in [0, 0.1) is 11.8 Å². The molecule has 3 N–H and O–H groups in total. The van der Waals surface area contributed by atoms with Crippen LogP contribution in [0.25, 0.3) is 0 Å². The Morgan fingerprint density at radius 1 is 1.15 bits per heavy atom. The lowest BCUT2D eigenvalue weighted by atomic mass is 9.92. The molecule has 1 saturated carbocycles. The van der Waals surface area contributed by atoms with Crippen LogP contribution >= 0.6 is 0 Å². The van der Waals surface area contributed by atoms with Crippen molar-refractivity contribution in [1.29, 1.82) is 0 Å². The predicted molar refractivity (Wildman–Crippen MR) is 103 cm³/mol. The normalized spacial score (nSPS) is 25.3. The van der Waals surface area contributed by atoms with Crippen LogP contribution in [0.15, 0.2) is 42.5 Å². The highest BCUT2D eigenvalue weighted by Crippen LogP contribution is 2.39. The SMILES string of the molecule is COc1ccc(CN(CC(O)CN)C2CC3C=CC=CC3C2)c(OC)c1. The van der Waals surface area contributed by atoms with Gasteiger partial charge in [0.25, 0.3) is 0 Å². The van der Waals surface area contributed by atoms with E-state index >= 15 is 0 Å². The third-order valence-corrected chi connectivity index (χ3v) is 5.57. The first-order chi connectivity index (χ1) is 12.6. The Morgan fingerprint density at radius 3 is 2.42 bits per heavy atom. The number of aliphatic hydroxyl groups is 1. The van der Waals surface area contributed by atoms with Gasteiger partial charge in [-0.25, -0.2) is 0 Å². The van der Waals surface area contributed by atoms with E-state index in [4.69, 9.17) is 15.2 Å². The Labute approximate surface area is 156 Å². The van der Waals surface area contributed by atoms with Gasteiger partial charge in [0.05, 0.1) is 20.3 Å². The van der Waals surface area contributed by atoms with Gasteiger partial charge in [-0.15, -0.1) is 0 Å². The van der Waals surface area contributed by atoms with Crippen LogP contribution in [0.1, 0.15) is 18.4 Å². The van der Waals surface area contributed by atoms with Crippen molar-refractivity contribution >= 4 is 0 Å². The molecule has 3 unspecified atom stereocenters. The molecule has 5 heteroatoms. The standard InChI is InChI=1S/C21H30N2O3/c1-25-20-8-7-17(21(11-20)26-2)13-23(14-19(24)12-22)18-9-15-5-3-4-6-16(15)10-18/h3-8,11,15-16,18-19,24H,9-10,12-14,22H2,1-2H3. The predicted octanol–water partition coefficient (Wildman–Crippen LogP) is 2.35. The van der Waals surface area contributed by atoms with Gasteiger partial charge in [0.15, 0.2) is 0 Å². The summed E-state index contributed by atoms with van der Waals surface area (Å²) in [5.41, 5.74) is 6.78. The molecule has 0 aromatic heterocycles. The summed E-state index contributed by atoms with van der Waals surface area (Å²) in [7, 11) is 3.33. The summed E-state index contributed by atoms with van der Waals surface area (Å²) in [6, 6.07) is 6.33. The molecule has 0 spiro atoms. The first kappa shape index (κ1) is 19.0. The average Bonchev–Trinajstić information content (AvgIpc) is 3.11. The first-order valence-electron chi connectivity index (χ1n) is 9.32. The molecule has 3 atom stereocenters. The van der Waals surface area contributed by atoms with Crippen molar-refractivity contribution in [1.82, 2.24) is 4.90 Å². The van der Waals surface area contributed by atoms with Gasteiger partial charge < -0.3 is 20.3 Å². The topological polar surface area (TPSA) is 68.0 Å². The summed E-state index contributed by atoms with van der Waals surface area (Å²) in [6.45, 7) is 1.57. The summed E-state index contributed by atoms with van der Waals surface area (Å²) >= 11 is 0. The fraction of sp³-hybridized carbons (Fsp3) is 0.524. The second-order valence-corrected chi connectivity index (χ2v) is 7.22. The zero-order valence-electron chi connectivity index (χ0n) is 15.7. The minimum atomic E-state index is -0.520. The molecule has 26 heavy (non-hydrogen) atoms. The Morgan fingerprint density at radius 2 is 1.85 bits per heavy atom. The molecule has 0 saturated heterocycles. The summed E-state index contributed by atoms with van der Waals surface area (Å²) in [6.07, 6.45) is 10.6. The lowest BCUT2D eigenvalue weighted by molar-refractivity contribution is 0.0857. The van der Waals surface area contributed by atoms with E-state index in [1.807, 2.05) is 18.2 Å². The number of nitrogens with zero attached hydrogens (tertiary/aromatic N) is 1. The molecule has 0 radical (unpaired) electrons. The summed E-state index contributed by atoms with van der Waals surface area (Å²) in [5.74, 6) is 2.79. The van der Waals surface area contributed by atoms with E-state index in [9.17, 15) is 5.11 Å². The van der Waals surface area contributed by atoms with Crippen LogP contribution < -0.4 is 15.2 Å². The zero-order valence-corrected chi connectivity index (χ0v) is 15.7. The molecule has 2 aliphatic carbocycles. The van der Waals surface area contributed by atoms with Gasteiger partial charge in [-0.1, -0.05) is 30.4 Å². The van der Waals surface area contributed by atoms with Crippen molar-refractivity contribution < 1.29 is 14.6 Å². The van der Waals surface area contributed by atoms with Gasteiger partial charge in [-0.05, 0) is 30.7 Å². The molecular weight excluding hydrogens is 328 g/mol. The molecule has 1 aromatic rings. The van der Waals surface area contributed by atoms with E-state index in [0.717, 1.165) is 36.4 Å². The number of rotatable bonds is 8. The van der Waals surface area contributed by atoms with E-state index in [1.54, 1.807) is 14.2 Å². The van der Waals surface area contributed by atoms with Gasteiger partial charge in [0, 0.05) is 37.3 Å². The number of ether oxygens (including phenoxy) is 2. The lowest BCUT2D eigenvalue weighted by Crippen LogP contribution is -2.41. The third kappa shape index (κ3) is 4.29. The molecule has 0 heterocycles. The van der Waals surface area contributed by atoms with Crippen LogP contribution in [0.2, 0.25) is 0 Å². The number of hydrogen-bond acceptors (Lipinski definition) is 5. The van der Waals surface area contributed by atoms with E-state index in [2.05, 4.69) is 29.2 Å². The van der Waals surface area contributed by atoms with E-state index in [0.29, 0.717) is 24.4 Å². The largest absolute Gasteiger partial charge is 0.497 e. The highest BCUT2D eigenvalue weighted by molar-refractivity contribution is 5.40. The molecule has 1 fully saturated rings. The first-order valence-corrected chi connectivity index (χ1v) is 9.32. The van der Waals surface area contributed by atoms with Crippen molar-refractivity contribution in [2.75, 3.05) is 27.3 Å². The Kier molecular flexibility index (Phi) is 6.35. The van der Waals surface area contributed by atoms with Gasteiger partial charge in [-0.2, -0.15) is 0 Å². The highest BCUT2D eigenvalue weighted by Gasteiger charge is 2.35. The fourth-order valence-electron chi connectivity index (χ4n) is 4.12. The Balaban J connectivity index is 1.78. The van der Waals surface area contributed by atoms with Crippen LogP contribution in [0.5, 0.6) is 11.5 Å². The molecule has 2 aliphatic rings. The number of aliphatic hydroxyl groups excluding tert-OH is 1. The van der Waals surface area contributed by atoms with Crippen LogP contribution in [0.3, 0.4) is 0 Å². The van der Waals surface area contributed by atoms with E-state index < -0.39 is 6.10 Å². The van der Waals surface area contributed by atoms with Gasteiger partial charge in [0.2, 0.25) is 0 Å². The summed E-state index contributed by atoms with van der Waals surface area (Å²) in [4.78, 5) is 2.36. The number of nitrogens with two attached hydrogens (primary N) is 1. The maximum atomic E-state index is 10.2. The van der Waals surface area contributed by atoms with Crippen molar-refractivity contribution in [2.45, 2.75) is 31.5 Å². The van der Waals surface area contributed by atoms with Crippen LogP contribution in [-0.4, -0.2) is 49.5 Å².